The van der Waals surface area contributed by atoms with Crippen molar-refractivity contribution in [2.75, 3.05) is 45.6 Å². The number of ether oxygens (including phenoxy) is 5. The fraction of sp³-hybridized carbons (Fsp3) is 0.106. The molecule has 0 fully saturated rings. The summed E-state index contributed by atoms with van der Waals surface area (Å²) in [4.78, 5) is 46.3. The first-order valence-electron chi connectivity index (χ1n) is 20.0. The molecule has 0 aliphatic heterocycles. The number of nitrogens with two attached hydrogens (primary N) is 3. The van der Waals surface area contributed by atoms with Gasteiger partial charge in [0.25, 0.3) is 0 Å². The van der Waals surface area contributed by atoms with Crippen LogP contribution in [0.2, 0.25) is 30.1 Å². The van der Waals surface area contributed by atoms with Gasteiger partial charge in [-0.3, -0.25) is 0 Å². The number of benzene rings is 4. The molecule has 3 heterocycles. The molecule has 7 aromatic rings. The number of esters is 2. The Kier molecular flexibility index (Phi) is 19.3. The molecule has 27 heteroatoms. The third-order valence-corrected chi connectivity index (χ3v) is 11.9. The van der Waals surface area contributed by atoms with Crippen molar-refractivity contribution in [3.8, 4) is 51.0 Å². The van der Waals surface area contributed by atoms with Gasteiger partial charge in [-0.25, -0.2) is 55.7 Å². The van der Waals surface area contributed by atoms with Crippen LogP contribution >= 0.6 is 69.6 Å². The number of hydrogen-bond donors (Lipinski definition) is 4. The number of methoxy groups -OCH3 is 4. The minimum absolute atomic E-state index is 0.00992. The number of rotatable bonds is 11. The molecule has 0 bridgehead atoms. The van der Waals surface area contributed by atoms with E-state index in [4.69, 9.17) is 111 Å². The number of carbonyl (C=O) groups excluding carboxylic acids is 2. The standard InChI is InChI=1S/C20H14Cl2F2N2O3.C14H10Cl2F2N2O3.C13H8Cl2F2N2O3/c1-28-19-12(21)8-7-11(14(19)23)17-15(24)16(25)13(22)18(26-17)20(27)29-9-10-5-3-2-4-6-10;1-22-13-6(15)4-3-5(8(13)17)11-9(18)10(19)7(16)12(20-11)14(21)23-2;1-22-12-5(14)3-2-4(7(12)16)10-8(17)9(18)6(15)11(19-10)13(20)21/h2-8H,9H2,1H3,(H2,25,26);3-4H,1-2H3,(H2,19,20);2-3H,1H3,(H2,18,19)(H,20,21). The Morgan fingerprint density at radius 3 is 1.14 bits per heavy atom. The molecule has 0 amide bonds. The lowest BCUT2D eigenvalue weighted by molar-refractivity contribution is 0.0465. The lowest BCUT2D eigenvalue weighted by Gasteiger charge is -2.13. The van der Waals surface area contributed by atoms with Crippen molar-refractivity contribution < 1.29 is 69.5 Å². The lowest BCUT2D eigenvalue weighted by atomic mass is 10.1. The largest absolute Gasteiger partial charge is 0.492 e. The molecule has 15 nitrogen and oxygen atoms in total. The van der Waals surface area contributed by atoms with Crippen molar-refractivity contribution >= 4 is 105 Å². The van der Waals surface area contributed by atoms with E-state index in [1.54, 1.807) is 24.3 Å². The first-order chi connectivity index (χ1) is 35.0. The van der Waals surface area contributed by atoms with Gasteiger partial charge in [-0.05, 0) is 42.0 Å². The van der Waals surface area contributed by atoms with Gasteiger partial charge < -0.3 is 46.0 Å². The SMILES string of the molecule is COC(=O)c1nc(-c2ccc(Cl)c(OC)c2F)c(F)c(N)c1Cl.COc1c(Cl)ccc(-c2nc(C(=O)O)c(Cl)c(N)c2F)c1F.COc1c(Cl)ccc(-c2nc(C(=O)OCc3ccccc3)c(Cl)c(N)c2F)c1F. The third-order valence-electron chi connectivity index (χ3n) is 9.85. The van der Waals surface area contributed by atoms with Crippen LogP contribution in [0.1, 0.15) is 37.0 Å². The van der Waals surface area contributed by atoms with Crippen LogP contribution in [-0.2, 0) is 16.1 Å². The van der Waals surface area contributed by atoms with E-state index in [0.717, 1.165) is 18.7 Å². The second kappa shape index (κ2) is 24.7. The second-order valence-electron chi connectivity index (χ2n) is 14.2. The summed E-state index contributed by atoms with van der Waals surface area (Å²) in [6, 6.07) is 16.2. The highest BCUT2D eigenvalue weighted by Gasteiger charge is 2.29. The summed E-state index contributed by atoms with van der Waals surface area (Å²) in [6.45, 7) is -0.0621. The number of carboxylic acids is 1. The van der Waals surface area contributed by atoms with Gasteiger partial charge >= 0.3 is 17.9 Å². The van der Waals surface area contributed by atoms with Gasteiger partial charge in [0.1, 0.15) is 23.7 Å². The molecule has 0 aliphatic rings. The van der Waals surface area contributed by atoms with E-state index >= 15 is 0 Å². The Bertz CT molecular complexity index is 3350. The monoisotopic (exact) mass is 1150 g/mol. The van der Waals surface area contributed by atoms with Crippen LogP contribution in [0.3, 0.4) is 0 Å². The number of hydrogen-bond acceptors (Lipinski definition) is 14. The van der Waals surface area contributed by atoms with E-state index in [0.29, 0.717) is 0 Å². The van der Waals surface area contributed by atoms with Gasteiger partial charge in [-0.1, -0.05) is 99.9 Å². The van der Waals surface area contributed by atoms with Gasteiger partial charge in [-0.15, -0.1) is 0 Å². The van der Waals surface area contributed by atoms with Crippen molar-refractivity contribution in [3.05, 3.63) is 154 Å². The molecule has 0 aliphatic carbocycles. The van der Waals surface area contributed by atoms with E-state index in [-0.39, 0.29) is 55.6 Å². The van der Waals surface area contributed by atoms with E-state index < -0.39 is 119 Å². The quantitative estimate of drug-likeness (QED) is 0.0696. The van der Waals surface area contributed by atoms with Gasteiger partial charge in [0.05, 0.1) is 75.6 Å². The number of anilines is 3. The first kappa shape index (κ1) is 57.8. The average Bonchev–Trinajstić information content (AvgIpc) is 3.38. The van der Waals surface area contributed by atoms with E-state index in [1.165, 1.54) is 51.7 Å². The number of nitrogens with zero attached hydrogens (tertiary/aromatic N) is 3. The smallest absolute Gasteiger partial charge is 0.358 e. The highest BCUT2D eigenvalue weighted by atomic mass is 35.5. The molecule has 4 aromatic carbocycles. The maximum atomic E-state index is 14.7. The molecule has 388 valence electrons. The number of aromatic carboxylic acids is 1. The van der Waals surface area contributed by atoms with Crippen molar-refractivity contribution in [1.29, 1.82) is 0 Å². The molecule has 0 saturated heterocycles. The number of pyridine rings is 3. The molecule has 0 saturated carbocycles. The summed E-state index contributed by atoms with van der Waals surface area (Å²) >= 11 is 34.8. The Labute approximate surface area is 444 Å². The Hall–Kier alpha value is -7.14. The number of halogens is 12. The topological polar surface area (TPSA) is 234 Å². The van der Waals surface area contributed by atoms with Crippen molar-refractivity contribution in [2.24, 2.45) is 0 Å². The Morgan fingerprint density at radius 1 is 0.486 bits per heavy atom. The van der Waals surface area contributed by atoms with Crippen molar-refractivity contribution in [2.45, 2.75) is 6.61 Å². The van der Waals surface area contributed by atoms with Crippen LogP contribution in [0.5, 0.6) is 17.2 Å². The summed E-state index contributed by atoms with van der Waals surface area (Å²) in [5.74, 6) is -10.5. The van der Waals surface area contributed by atoms with Gasteiger partial charge in [0, 0.05) is 16.7 Å². The normalized spacial score (nSPS) is 10.6. The zero-order valence-electron chi connectivity index (χ0n) is 37.9. The van der Waals surface area contributed by atoms with E-state index in [1.807, 2.05) is 6.07 Å². The predicted molar refractivity (Wildman–Crippen MR) is 266 cm³/mol. The molecule has 0 spiro atoms. The Morgan fingerprint density at radius 2 is 0.811 bits per heavy atom. The highest BCUT2D eigenvalue weighted by molar-refractivity contribution is 6.37. The average molecular weight is 1150 g/mol. The van der Waals surface area contributed by atoms with Crippen molar-refractivity contribution in [1.82, 2.24) is 15.0 Å². The summed E-state index contributed by atoms with van der Waals surface area (Å²) in [7, 11) is 4.68. The van der Waals surface area contributed by atoms with Crippen LogP contribution in [0.25, 0.3) is 33.8 Å². The van der Waals surface area contributed by atoms with Crippen LogP contribution in [0, 0.1) is 34.9 Å². The summed E-state index contributed by atoms with van der Waals surface area (Å²) < 4.78 is 111. The molecule has 7 N–H and O–H groups in total. The molecule has 0 unspecified atom stereocenters. The number of carbonyl (C=O) groups is 3. The van der Waals surface area contributed by atoms with E-state index in [9.17, 15) is 40.7 Å². The van der Waals surface area contributed by atoms with E-state index in [2.05, 4.69) is 19.7 Å². The minimum atomic E-state index is -1.53. The van der Waals surface area contributed by atoms with Crippen molar-refractivity contribution in [3.63, 3.8) is 0 Å². The van der Waals surface area contributed by atoms with Gasteiger partial charge in [0.2, 0.25) is 0 Å². The lowest BCUT2D eigenvalue weighted by Crippen LogP contribution is -2.12. The second-order valence-corrected chi connectivity index (χ2v) is 16.6. The fourth-order valence-electron chi connectivity index (χ4n) is 6.23. The van der Waals surface area contributed by atoms with Crippen LogP contribution in [0.4, 0.5) is 43.4 Å². The molecular weight excluding hydrogens is 1120 g/mol. The fourth-order valence-corrected chi connectivity index (χ4v) is 7.51. The van der Waals surface area contributed by atoms with Crippen LogP contribution < -0.4 is 31.4 Å². The number of nitrogen functional groups attached to an aromatic ring is 3. The Balaban J connectivity index is 0.000000208. The summed E-state index contributed by atoms with van der Waals surface area (Å²) in [5, 5.41) is 7.54. The van der Waals surface area contributed by atoms with Crippen LogP contribution in [0.15, 0.2) is 66.7 Å². The zero-order chi connectivity index (χ0) is 55.0. The number of carboxylic acid groups (broad SMARTS) is 1. The molecular formula is C47H32Cl6F6N6O9. The maximum Gasteiger partial charge on any atom is 0.358 e. The zero-order valence-corrected chi connectivity index (χ0v) is 42.4. The minimum Gasteiger partial charge on any atom is -0.492 e. The molecule has 3 aromatic heterocycles. The molecule has 0 atom stereocenters. The highest BCUT2D eigenvalue weighted by Crippen LogP contribution is 2.41. The maximum absolute atomic E-state index is 14.7. The summed E-state index contributed by atoms with van der Waals surface area (Å²) in [6.07, 6.45) is 0. The molecule has 0 radical (unpaired) electrons. The predicted octanol–water partition coefficient (Wildman–Crippen LogP) is 12.6. The van der Waals surface area contributed by atoms with Crippen LogP contribution in [-0.4, -0.2) is 66.4 Å². The number of aromatic nitrogens is 3. The third kappa shape index (κ3) is 11.9. The summed E-state index contributed by atoms with van der Waals surface area (Å²) in [5.41, 5.74) is 11.4. The first-order valence-corrected chi connectivity index (χ1v) is 22.3. The molecule has 7 rings (SSSR count). The van der Waals surface area contributed by atoms with Gasteiger partial charge in [0.15, 0.2) is 69.2 Å². The molecule has 74 heavy (non-hydrogen) atoms. The van der Waals surface area contributed by atoms with Gasteiger partial charge in [-0.2, -0.15) is 0 Å².